The van der Waals surface area contributed by atoms with Gasteiger partial charge in [-0.2, -0.15) is 13.2 Å². The van der Waals surface area contributed by atoms with Gasteiger partial charge in [-0.15, -0.1) is 11.3 Å². The summed E-state index contributed by atoms with van der Waals surface area (Å²) in [5.41, 5.74) is 9.56. The summed E-state index contributed by atoms with van der Waals surface area (Å²) in [4.78, 5) is 18.8. The van der Waals surface area contributed by atoms with Gasteiger partial charge in [0.1, 0.15) is 9.71 Å². The minimum absolute atomic E-state index is 0.330. The topological polar surface area (TPSA) is 68.0 Å². The Kier molecular flexibility index (Phi) is 6.39. The number of hydrogen-bond donors (Lipinski definition) is 2. The number of thiophene rings is 1. The highest BCUT2D eigenvalue weighted by atomic mass is 79.9. The van der Waals surface area contributed by atoms with Crippen LogP contribution in [0.3, 0.4) is 0 Å². The van der Waals surface area contributed by atoms with Gasteiger partial charge < -0.3 is 11.1 Å². The van der Waals surface area contributed by atoms with E-state index < -0.39 is 11.7 Å². The fraction of sp³-hybridized carbons (Fsp3) is 0.200. The number of carbonyl (C=O) groups excluding carboxylic acids is 1. The van der Waals surface area contributed by atoms with Crippen LogP contribution in [0.1, 0.15) is 39.2 Å². The van der Waals surface area contributed by atoms with Crippen LogP contribution in [0.15, 0.2) is 51.4 Å². The number of nitrogens with zero attached hydrogens (tertiary/aromatic N) is 1. The monoisotopic (exact) mass is 623 g/mol. The molecule has 3 N–H and O–H groups in total. The lowest BCUT2D eigenvalue weighted by Crippen LogP contribution is -2.12. The van der Waals surface area contributed by atoms with Gasteiger partial charge in [-0.25, -0.2) is 4.98 Å². The van der Waals surface area contributed by atoms with Crippen LogP contribution in [0.5, 0.6) is 0 Å². The molecule has 0 bridgehead atoms. The third-order valence-electron chi connectivity index (χ3n) is 6.04. The molecule has 2 aromatic heterocycles. The second kappa shape index (κ2) is 9.22. The van der Waals surface area contributed by atoms with Crippen molar-refractivity contribution >= 4 is 70.7 Å². The number of amides is 1. The van der Waals surface area contributed by atoms with Crippen LogP contribution in [0.2, 0.25) is 0 Å². The number of anilines is 2. The van der Waals surface area contributed by atoms with Crippen LogP contribution in [0.4, 0.5) is 24.5 Å². The van der Waals surface area contributed by atoms with Gasteiger partial charge in [0.2, 0.25) is 0 Å². The van der Waals surface area contributed by atoms with Crippen molar-refractivity contribution < 1.29 is 18.0 Å². The SMILES string of the molecule is Nc1c(C(=O)Nc2ccc(Br)cc2Br)sc2nc(-c3cccc(C(F)(F)F)c3)c3c(c12)CCCC3. The van der Waals surface area contributed by atoms with E-state index in [9.17, 15) is 18.0 Å². The molecule has 0 spiro atoms. The molecule has 35 heavy (non-hydrogen) atoms. The maximum atomic E-state index is 13.4. The Morgan fingerprint density at radius 1 is 1.06 bits per heavy atom. The van der Waals surface area contributed by atoms with Gasteiger partial charge in [-0.1, -0.05) is 28.1 Å². The number of nitrogens with two attached hydrogens (primary N) is 1. The van der Waals surface area contributed by atoms with Crippen molar-refractivity contribution in [2.24, 2.45) is 0 Å². The molecule has 2 heterocycles. The number of fused-ring (bicyclic) bond motifs is 3. The summed E-state index contributed by atoms with van der Waals surface area (Å²) >= 11 is 7.98. The van der Waals surface area contributed by atoms with Crippen LogP contribution >= 0.6 is 43.2 Å². The van der Waals surface area contributed by atoms with E-state index in [2.05, 4.69) is 37.2 Å². The molecule has 1 amide bonds. The van der Waals surface area contributed by atoms with E-state index in [0.717, 1.165) is 63.7 Å². The first-order chi connectivity index (χ1) is 16.6. The van der Waals surface area contributed by atoms with Gasteiger partial charge in [0, 0.05) is 19.9 Å². The number of carbonyl (C=O) groups is 1. The molecule has 0 saturated carbocycles. The van der Waals surface area contributed by atoms with Crippen molar-refractivity contribution in [2.45, 2.75) is 31.9 Å². The molecule has 5 rings (SSSR count). The second-order valence-electron chi connectivity index (χ2n) is 8.31. The van der Waals surface area contributed by atoms with E-state index in [0.29, 0.717) is 43.2 Å². The number of aromatic nitrogens is 1. The van der Waals surface area contributed by atoms with Crippen molar-refractivity contribution in [1.82, 2.24) is 4.98 Å². The summed E-state index contributed by atoms with van der Waals surface area (Å²) in [6.07, 6.45) is -1.15. The number of hydrogen-bond acceptors (Lipinski definition) is 4. The van der Waals surface area contributed by atoms with Crippen LogP contribution < -0.4 is 11.1 Å². The minimum Gasteiger partial charge on any atom is -0.397 e. The summed E-state index contributed by atoms with van der Waals surface area (Å²) in [5, 5.41) is 3.61. The van der Waals surface area contributed by atoms with E-state index >= 15 is 0 Å². The molecule has 10 heteroatoms. The molecule has 0 atom stereocenters. The normalized spacial score (nSPS) is 13.6. The third kappa shape index (κ3) is 4.59. The van der Waals surface area contributed by atoms with Crippen LogP contribution in [0.25, 0.3) is 21.5 Å². The Labute approximate surface area is 220 Å². The molecule has 0 saturated heterocycles. The summed E-state index contributed by atoms with van der Waals surface area (Å²) < 4.78 is 41.7. The van der Waals surface area contributed by atoms with Gasteiger partial charge >= 0.3 is 6.18 Å². The largest absolute Gasteiger partial charge is 0.416 e. The zero-order chi connectivity index (χ0) is 24.9. The summed E-state index contributed by atoms with van der Waals surface area (Å²) in [6.45, 7) is 0. The molecule has 0 fully saturated rings. The van der Waals surface area contributed by atoms with Crippen molar-refractivity contribution in [3.63, 3.8) is 0 Å². The molecule has 0 radical (unpaired) electrons. The zero-order valence-electron chi connectivity index (χ0n) is 18.1. The molecular weight excluding hydrogens is 607 g/mol. The van der Waals surface area contributed by atoms with Gasteiger partial charge in [0.25, 0.3) is 5.91 Å². The summed E-state index contributed by atoms with van der Waals surface area (Å²) in [6, 6.07) is 10.6. The number of aryl methyl sites for hydroxylation is 1. The standard InChI is InChI=1S/C25H18Br2F3N3OS/c26-14-8-9-18(17(27)11-14)32-23(34)22-20(31)19-15-6-1-2-7-16(15)21(33-24(19)35-22)12-4-3-5-13(10-12)25(28,29)30/h3-5,8-11H,1-2,6-7,31H2,(H,32,34). The Morgan fingerprint density at radius 2 is 1.80 bits per heavy atom. The van der Waals surface area contributed by atoms with E-state index in [1.165, 1.54) is 6.07 Å². The minimum atomic E-state index is -4.44. The van der Waals surface area contributed by atoms with Crippen LogP contribution in [-0.4, -0.2) is 10.9 Å². The predicted octanol–water partition coefficient (Wildman–Crippen LogP) is 8.22. The van der Waals surface area contributed by atoms with Crippen LogP contribution in [0, 0.1) is 0 Å². The van der Waals surface area contributed by atoms with Crippen LogP contribution in [-0.2, 0) is 19.0 Å². The lowest BCUT2D eigenvalue weighted by atomic mass is 9.86. The van der Waals surface area contributed by atoms with E-state index in [4.69, 9.17) is 10.7 Å². The van der Waals surface area contributed by atoms with Gasteiger partial charge in [-0.3, -0.25) is 4.79 Å². The van der Waals surface area contributed by atoms with Crippen molar-refractivity contribution in [2.75, 3.05) is 11.1 Å². The molecule has 180 valence electrons. The maximum absolute atomic E-state index is 13.4. The van der Waals surface area contributed by atoms with Crippen molar-refractivity contribution in [3.05, 3.63) is 73.0 Å². The molecule has 1 aliphatic rings. The van der Waals surface area contributed by atoms with Crippen molar-refractivity contribution in [3.8, 4) is 11.3 Å². The molecule has 4 aromatic rings. The predicted molar refractivity (Wildman–Crippen MR) is 141 cm³/mol. The first-order valence-electron chi connectivity index (χ1n) is 10.8. The molecule has 0 unspecified atom stereocenters. The number of nitrogens with one attached hydrogen (secondary N) is 1. The number of halogens is 5. The van der Waals surface area contributed by atoms with E-state index in [1.54, 1.807) is 12.1 Å². The number of pyridine rings is 1. The van der Waals surface area contributed by atoms with Gasteiger partial charge in [-0.05, 0) is 83.1 Å². The highest BCUT2D eigenvalue weighted by molar-refractivity contribution is 9.11. The highest BCUT2D eigenvalue weighted by Crippen LogP contribution is 2.43. The lowest BCUT2D eigenvalue weighted by Gasteiger charge is -2.21. The second-order valence-corrected chi connectivity index (χ2v) is 11.1. The third-order valence-corrected chi connectivity index (χ3v) is 8.29. The first kappa shape index (κ1) is 24.3. The van der Waals surface area contributed by atoms with E-state index in [1.807, 2.05) is 12.1 Å². The summed E-state index contributed by atoms with van der Waals surface area (Å²) in [5.74, 6) is -0.362. The Bertz CT molecular complexity index is 1480. The molecule has 2 aromatic carbocycles. The molecule has 1 aliphatic carbocycles. The molecular formula is C25H18Br2F3N3OS. The lowest BCUT2D eigenvalue weighted by molar-refractivity contribution is -0.137. The smallest absolute Gasteiger partial charge is 0.397 e. The molecule has 4 nitrogen and oxygen atoms in total. The number of rotatable bonds is 3. The van der Waals surface area contributed by atoms with Gasteiger partial charge in [0.05, 0.1) is 22.6 Å². The number of alkyl halides is 3. The quantitative estimate of drug-likeness (QED) is 0.241. The Hall–Kier alpha value is -2.43. The van der Waals surface area contributed by atoms with Gasteiger partial charge in [0.15, 0.2) is 0 Å². The highest BCUT2D eigenvalue weighted by Gasteiger charge is 2.31. The Balaban J connectivity index is 1.63. The first-order valence-corrected chi connectivity index (χ1v) is 13.2. The fourth-order valence-corrected chi connectivity index (χ4v) is 6.60. The van der Waals surface area contributed by atoms with E-state index in [-0.39, 0.29) is 5.91 Å². The Morgan fingerprint density at radius 3 is 2.51 bits per heavy atom. The zero-order valence-corrected chi connectivity index (χ0v) is 22.1. The average Bonchev–Trinajstić information content (AvgIpc) is 3.16. The fourth-order valence-electron chi connectivity index (χ4n) is 4.43. The summed E-state index contributed by atoms with van der Waals surface area (Å²) in [7, 11) is 0. The number of benzene rings is 2. The molecule has 0 aliphatic heterocycles. The maximum Gasteiger partial charge on any atom is 0.416 e. The number of nitrogen functional groups attached to an aromatic ring is 1. The van der Waals surface area contributed by atoms with Crippen molar-refractivity contribution in [1.29, 1.82) is 0 Å². The average molecular weight is 625 g/mol.